The van der Waals surface area contributed by atoms with Gasteiger partial charge in [-0.25, -0.2) is 9.97 Å². The molecule has 2 aromatic heterocycles. The first-order chi connectivity index (χ1) is 7.81. The van der Waals surface area contributed by atoms with Crippen LogP contribution in [0.2, 0.25) is 0 Å². The minimum atomic E-state index is -0.00878. The number of aryl methyl sites for hydroxylation is 1. The molecule has 5 heteroatoms. The Morgan fingerprint density at radius 1 is 1.44 bits per heavy atom. The molecule has 0 amide bonds. The molecule has 1 N–H and O–H groups in total. The monoisotopic (exact) mass is 237 g/mol. The fourth-order valence-corrected chi connectivity index (χ4v) is 2.40. The van der Waals surface area contributed by atoms with Crippen LogP contribution in [0.25, 0.3) is 0 Å². The summed E-state index contributed by atoms with van der Waals surface area (Å²) < 4.78 is 1.94. The summed E-state index contributed by atoms with van der Waals surface area (Å²) in [7, 11) is 0. The van der Waals surface area contributed by atoms with Gasteiger partial charge in [-0.1, -0.05) is 6.92 Å². The molecule has 2 heterocycles. The number of aliphatic hydroxyl groups excluding tert-OH is 1. The lowest BCUT2D eigenvalue weighted by Gasteiger charge is -1.97. The summed E-state index contributed by atoms with van der Waals surface area (Å²) in [4.78, 5) is 8.60. The van der Waals surface area contributed by atoms with E-state index >= 15 is 0 Å². The van der Waals surface area contributed by atoms with Crippen molar-refractivity contribution in [3.63, 3.8) is 0 Å². The first kappa shape index (κ1) is 11.3. The smallest absolute Gasteiger partial charge is 0.0954 e. The van der Waals surface area contributed by atoms with Gasteiger partial charge in [-0.05, 0) is 12.8 Å². The van der Waals surface area contributed by atoms with E-state index < -0.39 is 0 Å². The fourth-order valence-electron chi connectivity index (χ4n) is 1.51. The fraction of sp³-hybridized carbons (Fsp3) is 0.455. The maximum Gasteiger partial charge on any atom is 0.0954 e. The SMILES string of the molecule is CCCc1nc(Cn2cnc(CO)c2)cs1. The number of rotatable bonds is 5. The van der Waals surface area contributed by atoms with Gasteiger partial charge < -0.3 is 9.67 Å². The van der Waals surface area contributed by atoms with Crippen LogP contribution in [0, 0.1) is 0 Å². The molecule has 16 heavy (non-hydrogen) atoms. The quantitative estimate of drug-likeness (QED) is 0.863. The van der Waals surface area contributed by atoms with E-state index in [4.69, 9.17) is 5.11 Å². The molecule has 2 rings (SSSR count). The Hall–Kier alpha value is -1.20. The van der Waals surface area contributed by atoms with Crippen molar-refractivity contribution in [3.8, 4) is 0 Å². The molecule has 2 aromatic rings. The van der Waals surface area contributed by atoms with Crippen molar-refractivity contribution < 1.29 is 5.11 Å². The molecule has 86 valence electrons. The number of aromatic nitrogens is 3. The maximum atomic E-state index is 8.90. The third-order valence-electron chi connectivity index (χ3n) is 2.26. The van der Waals surface area contributed by atoms with Gasteiger partial charge in [0.25, 0.3) is 0 Å². The van der Waals surface area contributed by atoms with E-state index in [2.05, 4.69) is 22.3 Å². The number of nitrogens with zero attached hydrogens (tertiary/aromatic N) is 3. The van der Waals surface area contributed by atoms with Gasteiger partial charge in [-0.3, -0.25) is 0 Å². The Morgan fingerprint density at radius 3 is 3.00 bits per heavy atom. The minimum Gasteiger partial charge on any atom is -0.390 e. The third kappa shape index (κ3) is 2.68. The van der Waals surface area contributed by atoms with E-state index in [9.17, 15) is 0 Å². The average molecular weight is 237 g/mol. The van der Waals surface area contributed by atoms with E-state index in [-0.39, 0.29) is 6.61 Å². The summed E-state index contributed by atoms with van der Waals surface area (Å²) in [5.41, 5.74) is 1.76. The Balaban J connectivity index is 2.02. The topological polar surface area (TPSA) is 50.9 Å². The molecular formula is C11H15N3OS. The predicted molar refractivity (Wildman–Crippen MR) is 63.4 cm³/mol. The van der Waals surface area contributed by atoms with Crippen molar-refractivity contribution in [2.75, 3.05) is 0 Å². The molecule has 4 nitrogen and oxygen atoms in total. The van der Waals surface area contributed by atoms with E-state index in [0.717, 1.165) is 25.1 Å². The maximum absolute atomic E-state index is 8.90. The van der Waals surface area contributed by atoms with Crippen molar-refractivity contribution in [2.24, 2.45) is 0 Å². The number of thiazole rings is 1. The van der Waals surface area contributed by atoms with Gasteiger partial charge in [-0.2, -0.15) is 0 Å². The van der Waals surface area contributed by atoms with E-state index in [1.165, 1.54) is 5.01 Å². The molecule has 0 aliphatic rings. The van der Waals surface area contributed by atoms with Crippen LogP contribution < -0.4 is 0 Å². The van der Waals surface area contributed by atoms with E-state index in [1.54, 1.807) is 17.7 Å². The molecule has 0 atom stereocenters. The van der Waals surface area contributed by atoms with Gasteiger partial charge >= 0.3 is 0 Å². The second-order valence-corrected chi connectivity index (χ2v) is 4.62. The molecule has 0 aliphatic heterocycles. The third-order valence-corrected chi connectivity index (χ3v) is 3.21. The zero-order chi connectivity index (χ0) is 11.4. The van der Waals surface area contributed by atoms with Crippen LogP contribution in [-0.2, 0) is 19.6 Å². The molecule has 0 bridgehead atoms. The highest BCUT2D eigenvalue weighted by Gasteiger charge is 2.03. The normalized spacial score (nSPS) is 10.9. The molecular weight excluding hydrogens is 222 g/mol. The summed E-state index contributed by atoms with van der Waals surface area (Å²) >= 11 is 1.71. The molecule has 0 aromatic carbocycles. The van der Waals surface area contributed by atoms with Crippen LogP contribution in [-0.4, -0.2) is 19.6 Å². The van der Waals surface area contributed by atoms with Crippen molar-refractivity contribution in [1.82, 2.24) is 14.5 Å². The molecule has 0 spiro atoms. The predicted octanol–water partition coefficient (Wildman–Crippen LogP) is 1.83. The molecule has 0 fully saturated rings. The molecule has 0 radical (unpaired) electrons. The Labute approximate surface area is 98.6 Å². The average Bonchev–Trinajstić information content (AvgIpc) is 2.89. The Kier molecular flexibility index (Phi) is 3.69. The van der Waals surface area contributed by atoms with Gasteiger partial charge in [-0.15, -0.1) is 11.3 Å². The zero-order valence-electron chi connectivity index (χ0n) is 9.26. The van der Waals surface area contributed by atoms with E-state index in [1.807, 2.05) is 10.8 Å². The highest BCUT2D eigenvalue weighted by atomic mass is 32.1. The summed E-state index contributed by atoms with van der Waals surface area (Å²) in [6, 6.07) is 0. The van der Waals surface area contributed by atoms with Crippen LogP contribution in [0.5, 0.6) is 0 Å². The summed E-state index contributed by atoms with van der Waals surface area (Å²) in [6.07, 6.45) is 5.76. The first-order valence-corrected chi connectivity index (χ1v) is 6.24. The second-order valence-electron chi connectivity index (χ2n) is 3.68. The number of imidazole rings is 1. The van der Waals surface area contributed by atoms with Crippen molar-refractivity contribution in [3.05, 3.63) is 34.3 Å². The van der Waals surface area contributed by atoms with Gasteiger partial charge in [0.15, 0.2) is 0 Å². The number of hydrogen-bond donors (Lipinski definition) is 1. The Bertz CT molecular complexity index is 450. The van der Waals surface area contributed by atoms with Crippen LogP contribution in [0.1, 0.15) is 29.7 Å². The molecule has 0 aliphatic carbocycles. The Morgan fingerprint density at radius 2 is 2.31 bits per heavy atom. The van der Waals surface area contributed by atoms with E-state index in [0.29, 0.717) is 5.69 Å². The summed E-state index contributed by atoms with van der Waals surface area (Å²) in [6.45, 7) is 2.88. The standard InChI is InChI=1S/C11H15N3OS/c1-2-3-11-13-10(7-16-11)5-14-4-9(6-15)12-8-14/h4,7-8,15H,2-3,5-6H2,1H3. The largest absolute Gasteiger partial charge is 0.390 e. The highest BCUT2D eigenvalue weighted by Crippen LogP contribution is 2.13. The van der Waals surface area contributed by atoms with Gasteiger partial charge in [0, 0.05) is 11.6 Å². The molecule has 0 saturated heterocycles. The van der Waals surface area contributed by atoms with Crippen molar-refractivity contribution >= 4 is 11.3 Å². The summed E-state index contributed by atoms with van der Waals surface area (Å²) in [5.74, 6) is 0. The summed E-state index contributed by atoms with van der Waals surface area (Å²) in [5, 5.41) is 12.2. The molecule has 0 saturated carbocycles. The van der Waals surface area contributed by atoms with Crippen LogP contribution in [0.15, 0.2) is 17.9 Å². The van der Waals surface area contributed by atoms with Gasteiger partial charge in [0.05, 0.1) is 35.9 Å². The molecule has 0 unspecified atom stereocenters. The number of hydrogen-bond acceptors (Lipinski definition) is 4. The lowest BCUT2D eigenvalue weighted by atomic mass is 10.3. The minimum absolute atomic E-state index is 0.00878. The van der Waals surface area contributed by atoms with Crippen LogP contribution in [0.4, 0.5) is 0 Å². The van der Waals surface area contributed by atoms with Crippen LogP contribution >= 0.6 is 11.3 Å². The van der Waals surface area contributed by atoms with Gasteiger partial charge in [0.1, 0.15) is 0 Å². The lowest BCUT2D eigenvalue weighted by Crippen LogP contribution is -1.97. The second kappa shape index (κ2) is 5.23. The highest BCUT2D eigenvalue weighted by molar-refractivity contribution is 7.09. The van der Waals surface area contributed by atoms with Crippen molar-refractivity contribution in [1.29, 1.82) is 0 Å². The number of aliphatic hydroxyl groups is 1. The first-order valence-electron chi connectivity index (χ1n) is 5.36. The van der Waals surface area contributed by atoms with Crippen molar-refractivity contribution in [2.45, 2.75) is 32.9 Å². The lowest BCUT2D eigenvalue weighted by molar-refractivity contribution is 0.277. The van der Waals surface area contributed by atoms with Gasteiger partial charge in [0.2, 0.25) is 0 Å². The zero-order valence-corrected chi connectivity index (χ0v) is 10.1. The van der Waals surface area contributed by atoms with Crippen LogP contribution in [0.3, 0.4) is 0 Å².